The van der Waals surface area contributed by atoms with E-state index in [1.165, 1.54) is 0 Å². The maximum atomic E-state index is 12.4. The molecule has 0 aliphatic carbocycles. The number of nitrogens with zero attached hydrogens (tertiary/aromatic N) is 2. The molecule has 1 heterocycles. The van der Waals surface area contributed by atoms with Gasteiger partial charge in [-0.1, -0.05) is 24.3 Å². The predicted octanol–water partition coefficient (Wildman–Crippen LogP) is 3.75. The van der Waals surface area contributed by atoms with Crippen LogP contribution in [-0.2, 0) is 16.1 Å². The molecule has 0 saturated carbocycles. The lowest BCUT2D eigenvalue weighted by molar-refractivity contribution is -0.121. The summed E-state index contributed by atoms with van der Waals surface area (Å²) in [5, 5.41) is 2.92. The fraction of sp³-hybridized carbons (Fsp3) is 0.167. The van der Waals surface area contributed by atoms with E-state index in [0.29, 0.717) is 30.2 Å². The third-order valence-electron chi connectivity index (χ3n) is 4.36. The topological polar surface area (TPSA) is 80.8 Å². The molecule has 1 amide bonds. The lowest BCUT2D eigenvalue weighted by Gasteiger charge is -2.25. The minimum Gasteiger partial charge on any atom is -0.484 e. The van der Waals surface area contributed by atoms with Crippen molar-refractivity contribution in [2.45, 2.75) is 13.5 Å². The van der Waals surface area contributed by atoms with Crippen molar-refractivity contribution in [1.82, 2.24) is 10.3 Å². The molecule has 0 unspecified atom stereocenters. The van der Waals surface area contributed by atoms with Gasteiger partial charge in [-0.2, -0.15) is 0 Å². The van der Waals surface area contributed by atoms with Gasteiger partial charge in [-0.25, -0.2) is 4.79 Å². The summed E-state index contributed by atoms with van der Waals surface area (Å²) in [6.45, 7) is 2.26. The molecule has 0 aliphatic heterocycles. The van der Waals surface area contributed by atoms with Crippen LogP contribution >= 0.6 is 12.2 Å². The molecule has 0 atom stereocenters. The Labute approximate surface area is 192 Å². The van der Waals surface area contributed by atoms with Gasteiger partial charge in [-0.15, -0.1) is 0 Å². The zero-order valence-electron chi connectivity index (χ0n) is 17.6. The van der Waals surface area contributed by atoms with Crippen LogP contribution in [-0.4, -0.2) is 35.2 Å². The smallest absolute Gasteiger partial charge is 0.338 e. The summed E-state index contributed by atoms with van der Waals surface area (Å²) in [7, 11) is 0. The number of hydrogen-bond acceptors (Lipinski definition) is 6. The van der Waals surface area contributed by atoms with Gasteiger partial charge in [0.05, 0.1) is 18.7 Å². The molecule has 164 valence electrons. The van der Waals surface area contributed by atoms with Crippen LogP contribution in [0.15, 0.2) is 79.1 Å². The number of thiocarbonyl (C=S) groups is 1. The average molecular weight is 450 g/mol. The highest BCUT2D eigenvalue weighted by Gasteiger charge is 2.17. The summed E-state index contributed by atoms with van der Waals surface area (Å²) < 4.78 is 10.5. The summed E-state index contributed by atoms with van der Waals surface area (Å²) in [6, 6.07) is 19.6. The molecule has 1 N–H and O–H groups in total. The molecule has 3 aromatic rings. The first-order chi connectivity index (χ1) is 15.6. The van der Waals surface area contributed by atoms with Crippen molar-refractivity contribution in [2.24, 2.45) is 0 Å². The van der Waals surface area contributed by atoms with Crippen molar-refractivity contribution in [3.8, 4) is 5.75 Å². The molecule has 8 heteroatoms. The van der Waals surface area contributed by atoms with E-state index in [2.05, 4.69) is 10.3 Å². The summed E-state index contributed by atoms with van der Waals surface area (Å²) in [6.07, 6.45) is 3.41. The summed E-state index contributed by atoms with van der Waals surface area (Å²) >= 11 is 5.52. The van der Waals surface area contributed by atoms with Crippen LogP contribution in [0.3, 0.4) is 0 Å². The number of nitrogens with one attached hydrogen (secondary N) is 1. The molecule has 0 radical (unpaired) electrons. The predicted molar refractivity (Wildman–Crippen MR) is 125 cm³/mol. The molecule has 0 bridgehead atoms. The SMILES string of the molecule is CCOC(=O)c1ccc(N(Cc2cccnc2)C(=S)NC(=O)COc2ccccc2)cc1. The van der Waals surface area contributed by atoms with Crippen LogP contribution in [0.4, 0.5) is 5.69 Å². The van der Waals surface area contributed by atoms with Crippen molar-refractivity contribution >= 4 is 34.9 Å². The Balaban J connectivity index is 1.72. The second kappa shape index (κ2) is 11.6. The number of esters is 1. The van der Waals surface area contributed by atoms with E-state index in [9.17, 15) is 9.59 Å². The number of carbonyl (C=O) groups is 2. The minimum atomic E-state index is -0.396. The first-order valence-electron chi connectivity index (χ1n) is 10.0. The van der Waals surface area contributed by atoms with Gasteiger partial charge in [-0.3, -0.25) is 15.1 Å². The molecule has 32 heavy (non-hydrogen) atoms. The lowest BCUT2D eigenvalue weighted by Crippen LogP contribution is -2.44. The van der Waals surface area contributed by atoms with E-state index < -0.39 is 5.97 Å². The Morgan fingerprint density at radius 3 is 2.44 bits per heavy atom. The van der Waals surface area contributed by atoms with E-state index in [1.54, 1.807) is 60.6 Å². The number of aromatic nitrogens is 1. The van der Waals surface area contributed by atoms with Crippen molar-refractivity contribution in [1.29, 1.82) is 0 Å². The standard InChI is InChI=1S/C24H23N3O4S/c1-2-30-23(29)19-10-12-20(13-11-19)27(16-18-7-6-14-25-15-18)24(32)26-22(28)17-31-21-8-4-3-5-9-21/h3-15H,2,16-17H2,1H3,(H,26,28,32). The molecule has 3 rings (SSSR count). The zero-order valence-corrected chi connectivity index (χ0v) is 18.4. The number of para-hydroxylation sites is 1. The molecule has 0 saturated heterocycles. The Hall–Kier alpha value is -3.78. The fourth-order valence-electron chi connectivity index (χ4n) is 2.83. The van der Waals surface area contributed by atoms with Gasteiger partial charge in [-0.05, 0) is 67.2 Å². The summed E-state index contributed by atoms with van der Waals surface area (Å²) in [5.74, 6) is -0.180. The zero-order chi connectivity index (χ0) is 22.8. The lowest BCUT2D eigenvalue weighted by atomic mass is 10.2. The number of rotatable bonds is 8. The van der Waals surface area contributed by atoms with Gasteiger partial charge < -0.3 is 14.4 Å². The highest BCUT2D eigenvalue weighted by Crippen LogP contribution is 2.19. The third-order valence-corrected chi connectivity index (χ3v) is 4.68. The highest BCUT2D eigenvalue weighted by atomic mass is 32.1. The van der Waals surface area contributed by atoms with Gasteiger partial charge in [0.25, 0.3) is 5.91 Å². The number of benzene rings is 2. The fourth-order valence-corrected chi connectivity index (χ4v) is 3.12. The number of amides is 1. The van der Waals surface area contributed by atoms with E-state index in [0.717, 1.165) is 5.56 Å². The largest absolute Gasteiger partial charge is 0.484 e. The van der Waals surface area contributed by atoms with Crippen LogP contribution in [0.1, 0.15) is 22.8 Å². The Kier molecular flexibility index (Phi) is 8.28. The molecular weight excluding hydrogens is 426 g/mol. The number of anilines is 1. The van der Waals surface area contributed by atoms with Gasteiger partial charge in [0.2, 0.25) is 0 Å². The number of pyridine rings is 1. The molecule has 7 nitrogen and oxygen atoms in total. The first kappa shape index (κ1) is 22.9. The van der Waals surface area contributed by atoms with Crippen molar-refractivity contribution in [3.05, 3.63) is 90.3 Å². The summed E-state index contributed by atoms with van der Waals surface area (Å²) in [4.78, 5) is 30.2. The van der Waals surface area contributed by atoms with E-state index in [4.69, 9.17) is 21.7 Å². The maximum absolute atomic E-state index is 12.4. The maximum Gasteiger partial charge on any atom is 0.338 e. The normalized spacial score (nSPS) is 10.2. The van der Waals surface area contributed by atoms with Gasteiger partial charge in [0.15, 0.2) is 11.7 Å². The van der Waals surface area contributed by atoms with Gasteiger partial charge >= 0.3 is 5.97 Å². The van der Waals surface area contributed by atoms with E-state index in [1.807, 2.05) is 30.3 Å². The molecule has 0 spiro atoms. The van der Waals surface area contributed by atoms with Crippen LogP contribution in [0.5, 0.6) is 5.75 Å². The van der Waals surface area contributed by atoms with Crippen molar-refractivity contribution in [3.63, 3.8) is 0 Å². The van der Waals surface area contributed by atoms with Gasteiger partial charge in [0.1, 0.15) is 5.75 Å². The highest BCUT2D eigenvalue weighted by molar-refractivity contribution is 7.80. The Morgan fingerprint density at radius 1 is 1.03 bits per heavy atom. The van der Waals surface area contributed by atoms with E-state index in [-0.39, 0.29) is 17.6 Å². The monoisotopic (exact) mass is 449 g/mol. The van der Waals surface area contributed by atoms with Crippen LogP contribution < -0.4 is 15.0 Å². The summed E-state index contributed by atoms with van der Waals surface area (Å²) in [5.41, 5.74) is 2.04. The van der Waals surface area contributed by atoms with Crippen LogP contribution in [0.2, 0.25) is 0 Å². The molecule has 2 aromatic carbocycles. The van der Waals surface area contributed by atoms with Crippen LogP contribution in [0.25, 0.3) is 0 Å². The van der Waals surface area contributed by atoms with E-state index >= 15 is 0 Å². The van der Waals surface area contributed by atoms with Crippen LogP contribution in [0, 0.1) is 0 Å². The minimum absolute atomic E-state index is 0.174. The number of carbonyl (C=O) groups excluding carboxylic acids is 2. The van der Waals surface area contributed by atoms with Crippen molar-refractivity contribution in [2.75, 3.05) is 18.1 Å². The Morgan fingerprint density at radius 2 is 1.78 bits per heavy atom. The molecule has 0 aliphatic rings. The quantitative estimate of drug-likeness (QED) is 0.414. The second-order valence-electron chi connectivity index (χ2n) is 6.67. The first-order valence-corrected chi connectivity index (χ1v) is 10.4. The molecule has 0 fully saturated rings. The third kappa shape index (κ3) is 6.61. The number of hydrogen-bond donors (Lipinski definition) is 1. The second-order valence-corrected chi connectivity index (χ2v) is 7.06. The molecule has 1 aromatic heterocycles. The van der Waals surface area contributed by atoms with Crippen molar-refractivity contribution < 1.29 is 19.1 Å². The average Bonchev–Trinajstić information content (AvgIpc) is 2.83. The van der Waals surface area contributed by atoms with Gasteiger partial charge in [0, 0.05) is 18.1 Å². The molecular formula is C24H23N3O4S. The Bertz CT molecular complexity index is 1040. The number of ether oxygens (including phenoxy) is 2.